The van der Waals surface area contributed by atoms with Crippen LogP contribution in [-0.2, 0) is 18.5 Å². The van der Waals surface area contributed by atoms with E-state index in [0.717, 1.165) is 6.33 Å². The summed E-state index contributed by atoms with van der Waals surface area (Å²) in [5, 5.41) is 0. The lowest BCUT2D eigenvalue weighted by Crippen LogP contribution is -2.17. The van der Waals surface area contributed by atoms with Gasteiger partial charge in [-0.15, -0.1) is 0 Å². The highest BCUT2D eigenvalue weighted by atomic mass is 19.4. The first kappa shape index (κ1) is 23.5. The zero-order chi connectivity index (χ0) is 25.1. The van der Waals surface area contributed by atoms with E-state index >= 15 is 0 Å². The van der Waals surface area contributed by atoms with Crippen molar-refractivity contribution in [1.29, 1.82) is 0 Å². The molecule has 0 unspecified atom stereocenters. The molecule has 0 N–H and O–H groups in total. The fourth-order valence-electron chi connectivity index (χ4n) is 3.42. The Morgan fingerprint density at radius 2 is 1.38 bits per heavy atom. The third-order valence-electron chi connectivity index (χ3n) is 4.89. The van der Waals surface area contributed by atoms with Gasteiger partial charge in [0.25, 0.3) is 0 Å². The first-order chi connectivity index (χ1) is 15.7. The van der Waals surface area contributed by atoms with E-state index in [4.69, 9.17) is 0 Å². The fourth-order valence-corrected chi connectivity index (χ4v) is 3.42. The van der Waals surface area contributed by atoms with E-state index in [1.807, 2.05) is 0 Å². The van der Waals surface area contributed by atoms with Crippen molar-refractivity contribution >= 4 is 5.65 Å². The molecule has 4 nitrogen and oxygen atoms in total. The first-order valence-corrected chi connectivity index (χ1v) is 9.33. The Kier molecular flexibility index (Phi) is 5.33. The molecule has 0 aliphatic carbocycles. The van der Waals surface area contributed by atoms with Crippen LogP contribution in [0.1, 0.15) is 22.5 Å². The summed E-state index contributed by atoms with van der Waals surface area (Å²) < 4.78 is 121. The summed E-state index contributed by atoms with van der Waals surface area (Å²) in [7, 11) is 0. The molecule has 0 fully saturated rings. The standard InChI is InChI=1S/C21H11F9N4/c1-10-6-12(4-5-31-10)17-18-33-15(8-16(21(28,29)30)34(18)9-32-17)11-2-3-13(19(22,23)24)14(7-11)20(25,26)27/h2-9H,1H3. The molecule has 0 saturated heterocycles. The number of fused-ring (bicyclic) bond motifs is 1. The maximum absolute atomic E-state index is 13.8. The number of pyridine rings is 1. The largest absolute Gasteiger partial charge is 0.431 e. The van der Waals surface area contributed by atoms with Gasteiger partial charge in [0.15, 0.2) is 5.65 Å². The molecule has 0 radical (unpaired) electrons. The number of alkyl halides is 9. The van der Waals surface area contributed by atoms with Crippen LogP contribution in [-0.4, -0.2) is 19.4 Å². The summed E-state index contributed by atoms with van der Waals surface area (Å²) in [6.45, 7) is 1.63. The van der Waals surface area contributed by atoms with Gasteiger partial charge < -0.3 is 0 Å². The zero-order valence-corrected chi connectivity index (χ0v) is 16.8. The Hall–Kier alpha value is -3.64. The lowest BCUT2D eigenvalue weighted by atomic mass is 10.0. The molecule has 0 spiro atoms. The molecule has 1 aromatic carbocycles. The molecule has 0 atom stereocenters. The Morgan fingerprint density at radius 3 is 1.97 bits per heavy atom. The van der Waals surface area contributed by atoms with Crippen molar-refractivity contribution in [3.63, 3.8) is 0 Å². The highest BCUT2D eigenvalue weighted by Crippen LogP contribution is 2.42. The van der Waals surface area contributed by atoms with Gasteiger partial charge in [-0.1, -0.05) is 6.07 Å². The van der Waals surface area contributed by atoms with Gasteiger partial charge in [0.1, 0.15) is 17.7 Å². The van der Waals surface area contributed by atoms with Crippen molar-refractivity contribution in [2.75, 3.05) is 0 Å². The molecule has 4 aromatic rings. The van der Waals surface area contributed by atoms with Crippen molar-refractivity contribution in [2.45, 2.75) is 25.5 Å². The number of nitrogens with zero attached hydrogens (tertiary/aromatic N) is 4. The third-order valence-corrected chi connectivity index (χ3v) is 4.89. The van der Waals surface area contributed by atoms with E-state index in [9.17, 15) is 39.5 Å². The number of halogens is 9. The quantitative estimate of drug-likeness (QED) is 0.290. The van der Waals surface area contributed by atoms with Crippen LogP contribution in [0.2, 0.25) is 0 Å². The molecule has 0 aliphatic rings. The number of aromatic nitrogens is 4. The molecule has 178 valence electrons. The molecule has 3 heterocycles. The van der Waals surface area contributed by atoms with Crippen molar-refractivity contribution in [2.24, 2.45) is 0 Å². The van der Waals surface area contributed by atoms with Crippen LogP contribution in [0.5, 0.6) is 0 Å². The summed E-state index contributed by atoms with van der Waals surface area (Å²) in [6, 6.07) is 4.37. The monoisotopic (exact) mass is 490 g/mol. The van der Waals surface area contributed by atoms with Crippen molar-refractivity contribution < 1.29 is 39.5 Å². The van der Waals surface area contributed by atoms with Gasteiger partial charge in [-0.05, 0) is 37.3 Å². The van der Waals surface area contributed by atoms with E-state index in [-0.39, 0.29) is 23.5 Å². The second-order valence-electron chi connectivity index (χ2n) is 7.25. The Labute approximate surface area is 184 Å². The minimum Gasteiger partial charge on any atom is -0.278 e. The number of hydrogen-bond donors (Lipinski definition) is 0. The topological polar surface area (TPSA) is 43.1 Å². The Bertz CT molecular complexity index is 1380. The molecular weight excluding hydrogens is 479 g/mol. The maximum Gasteiger partial charge on any atom is 0.431 e. The fraction of sp³-hybridized carbons (Fsp3) is 0.190. The lowest BCUT2D eigenvalue weighted by Gasteiger charge is -2.17. The number of imidazole rings is 1. The van der Waals surface area contributed by atoms with Gasteiger partial charge in [0.05, 0.1) is 16.8 Å². The van der Waals surface area contributed by atoms with E-state index in [1.54, 1.807) is 6.92 Å². The molecule has 3 aromatic heterocycles. The Morgan fingerprint density at radius 1 is 0.706 bits per heavy atom. The summed E-state index contributed by atoms with van der Waals surface area (Å²) in [4.78, 5) is 12.0. The zero-order valence-electron chi connectivity index (χ0n) is 16.8. The maximum atomic E-state index is 13.8. The van der Waals surface area contributed by atoms with Crippen LogP contribution in [0.25, 0.3) is 28.2 Å². The van der Waals surface area contributed by atoms with E-state index < -0.39 is 46.6 Å². The van der Waals surface area contributed by atoms with Gasteiger partial charge in [0, 0.05) is 23.0 Å². The van der Waals surface area contributed by atoms with Crippen molar-refractivity contribution in [3.05, 3.63) is 71.4 Å². The average molecular weight is 490 g/mol. The van der Waals surface area contributed by atoms with E-state index in [1.165, 1.54) is 18.3 Å². The predicted octanol–water partition coefficient (Wildman–Crippen LogP) is 6.82. The van der Waals surface area contributed by atoms with E-state index in [2.05, 4.69) is 15.0 Å². The summed E-state index contributed by atoms with van der Waals surface area (Å²) in [5.41, 5.74) is -5.99. The van der Waals surface area contributed by atoms with Crippen LogP contribution in [0, 0.1) is 6.92 Å². The van der Waals surface area contributed by atoms with Gasteiger partial charge in [0.2, 0.25) is 0 Å². The minimum absolute atomic E-state index is 0.0131. The summed E-state index contributed by atoms with van der Waals surface area (Å²) in [6.07, 6.45) is -13.5. The second-order valence-corrected chi connectivity index (χ2v) is 7.25. The molecule has 34 heavy (non-hydrogen) atoms. The summed E-state index contributed by atoms with van der Waals surface area (Å²) in [5.74, 6) is 0. The molecule has 0 bridgehead atoms. The molecule has 13 heteroatoms. The number of rotatable bonds is 2. The normalized spacial score (nSPS) is 13.0. The molecule has 0 amide bonds. The van der Waals surface area contributed by atoms with Gasteiger partial charge >= 0.3 is 18.5 Å². The predicted molar refractivity (Wildman–Crippen MR) is 101 cm³/mol. The highest BCUT2D eigenvalue weighted by molar-refractivity contribution is 5.77. The summed E-state index contributed by atoms with van der Waals surface area (Å²) >= 11 is 0. The minimum atomic E-state index is -5.41. The number of benzene rings is 1. The van der Waals surface area contributed by atoms with Gasteiger partial charge in [-0.3, -0.25) is 9.38 Å². The van der Waals surface area contributed by atoms with Gasteiger partial charge in [-0.2, -0.15) is 39.5 Å². The molecule has 0 saturated carbocycles. The molecule has 0 aliphatic heterocycles. The number of aryl methyl sites for hydroxylation is 1. The van der Waals surface area contributed by atoms with Crippen molar-refractivity contribution in [3.8, 4) is 22.5 Å². The SMILES string of the molecule is Cc1cc(-c2ncn3c(C(F)(F)F)cc(-c4ccc(C(F)(F)F)c(C(F)(F)F)c4)nc23)ccn1. The van der Waals surface area contributed by atoms with Crippen LogP contribution < -0.4 is 0 Å². The second kappa shape index (κ2) is 7.71. The number of hydrogen-bond acceptors (Lipinski definition) is 3. The lowest BCUT2D eigenvalue weighted by molar-refractivity contribution is -0.162. The smallest absolute Gasteiger partial charge is 0.278 e. The first-order valence-electron chi connectivity index (χ1n) is 9.33. The van der Waals surface area contributed by atoms with Crippen LogP contribution in [0.15, 0.2) is 48.9 Å². The molecular formula is C21H11F9N4. The average Bonchev–Trinajstić information content (AvgIpc) is 3.14. The molecule has 4 rings (SSSR count). The van der Waals surface area contributed by atoms with Crippen LogP contribution >= 0.6 is 0 Å². The Balaban J connectivity index is 2.01. The third kappa shape index (κ3) is 4.29. The van der Waals surface area contributed by atoms with Crippen LogP contribution in [0.3, 0.4) is 0 Å². The highest BCUT2D eigenvalue weighted by Gasteiger charge is 2.43. The van der Waals surface area contributed by atoms with E-state index in [0.29, 0.717) is 27.8 Å². The van der Waals surface area contributed by atoms with Crippen molar-refractivity contribution in [1.82, 2.24) is 19.4 Å². The van der Waals surface area contributed by atoms with Crippen LogP contribution in [0.4, 0.5) is 39.5 Å². The van der Waals surface area contributed by atoms with Gasteiger partial charge in [-0.25, -0.2) is 9.97 Å².